The number of aliphatic hydroxyl groups is 1. The second-order valence-electron chi connectivity index (χ2n) is 6.58. The minimum Gasteiger partial charge on any atom is -0.495 e. The molecule has 0 radical (unpaired) electrons. The van der Waals surface area contributed by atoms with Crippen LogP contribution in [-0.2, 0) is 6.42 Å². The molecule has 0 aliphatic rings. The zero-order valence-electron chi connectivity index (χ0n) is 15.1. The summed E-state index contributed by atoms with van der Waals surface area (Å²) in [5.41, 5.74) is 3.29. The van der Waals surface area contributed by atoms with Crippen LogP contribution in [0, 0.1) is 0 Å². The SMILES string of the molecule is COc1c(C=O)cc(CCO)cc1-c1cccc2cc3ccccc3cc12. The highest BCUT2D eigenvalue weighted by atomic mass is 16.5. The van der Waals surface area contributed by atoms with Crippen LogP contribution in [0.15, 0.2) is 66.7 Å². The molecule has 0 atom stereocenters. The van der Waals surface area contributed by atoms with Crippen LogP contribution in [0.2, 0.25) is 0 Å². The molecule has 0 spiro atoms. The Morgan fingerprint density at radius 2 is 1.63 bits per heavy atom. The smallest absolute Gasteiger partial charge is 0.153 e. The lowest BCUT2D eigenvalue weighted by molar-refractivity contribution is 0.112. The Morgan fingerprint density at radius 3 is 2.33 bits per heavy atom. The van der Waals surface area contributed by atoms with Crippen LogP contribution in [0.25, 0.3) is 32.7 Å². The molecule has 0 amide bonds. The highest BCUT2D eigenvalue weighted by molar-refractivity contribution is 6.06. The molecule has 0 saturated carbocycles. The van der Waals surface area contributed by atoms with Crippen LogP contribution in [0.3, 0.4) is 0 Å². The van der Waals surface area contributed by atoms with E-state index in [1.165, 1.54) is 10.8 Å². The van der Waals surface area contributed by atoms with Crippen LogP contribution in [0.5, 0.6) is 5.75 Å². The summed E-state index contributed by atoms with van der Waals surface area (Å²) >= 11 is 0. The zero-order valence-corrected chi connectivity index (χ0v) is 15.1. The summed E-state index contributed by atoms with van der Waals surface area (Å²) in [7, 11) is 1.58. The third-order valence-electron chi connectivity index (χ3n) is 4.95. The average molecular weight is 356 g/mol. The van der Waals surface area contributed by atoms with Gasteiger partial charge in [0, 0.05) is 12.2 Å². The second kappa shape index (κ2) is 7.22. The van der Waals surface area contributed by atoms with Crippen LogP contribution < -0.4 is 4.74 Å². The molecule has 0 aromatic heterocycles. The van der Waals surface area contributed by atoms with Gasteiger partial charge in [-0.2, -0.15) is 0 Å². The maximum Gasteiger partial charge on any atom is 0.153 e. The quantitative estimate of drug-likeness (QED) is 0.404. The monoisotopic (exact) mass is 356 g/mol. The highest BCUT2D eigenvalue weighted by Gasteiger charge is 2.15. The van der Waals surface area contributed by atoms with E-state index in [4.69, 9.17) is 4.74 Å². The summed E-state index contributed by atoms with van der Waals surface area (Å²) in [5, 5.41) is 13.9. The molecule has 0 saturated heterocycles. The lowest BCUT2D eigenvalue weighted by Crippen LogP contribution is -1.99. The van der Waals surface area contributed by atoms with Crippen molar-refractivity contribution in [2.45, 2.75) is 6.42 Å². The standard InChI is InChI=1S/C24H20O3/c1-27-24-20(15-26)11-16(9-10-25)12-23(24)21-8-4-7-19-13-17-5-2-3-6-18(17)14-22(19)21/h2-8,11-15,25H,9-10H2,1H3. The fourth-order valence-electron chi connectivity index (χ4n) is 3.70. The maximum absolute atomic E-state index is 11.6. The number of carbonyl (C=O) groups excluding carboxylic acids is 1. The lowest BCUT2D eigenvalue weighted by Gasteiger charge is -2.16. The van der Waals surface area contributed by atoms with Crippen LogP contribution in [-0.4, -0.2) is 25.1 Å². The molecule has 3 heteroatoms. The molecule has 4 aromatic carbocycles. The molecule has 0 fully saturated rings. The van der Waals surface area contributed by atoms with E-state index in [0.29, 0.717) is 17.7 Å². The van der Waals surface area contributed by atoms with Gasteiger partial charge in [-0.15, -0.1) is 0 Å². The summed E-state index contributed by atoms with van der Waals surface area (Å²) in [6.45, 7) is 0.0320. The third-order valence-corrected chi connectivity index (χ3v) is 4.95. The summed E-state index contributed by atoms with van der Waals surface area (Å²) in [6.07, 6.45) is 1.30. The highest BCUT2D eigenvalue weighted by Crippen LogP contribution is 2.39. The molecule has 4 rings (SSSR count). The Kier molecular flexibility index (Phi) is 4.61. The number of carbonyl (C=O) groups is 1. The number of benzene rings is 4. The molecule has 0 bridgehead atoms. The van der Waals surface area contributed by atoms with Gasteiger partial charge in [0.15, 0.2) is 6.29 Å². The van der Waals surface area contributed by atoms with Gasteiger partial charge in [0.25, 0.3) is 0 Å². The number of rotatable bonds is 5. The number of ether oxygens (including phenoxy) is 1. The molecular formula is C24H20O3. The van der Waals surface area contributed by atoms with Gasteiger partial charge in [-0.05, 0) is 63.4 Å². The fraction of sp³-hybridized carbons (Fsp3) is 0.125. The Labute approximate surface area is 157 Å². The number of aliphatic hydroxyl groups excluding tert-OH is 1. The minimum absolute atomic E-state index is 0.0320. The van der Waals surface area contributed by atoms with Crippen LogP contribution >= 0.6 is 0 Å². The molecule has 27 heavy (non-hydrogen) atoms. The lowest BCUT2D eigenvalue weighted by atomic mass is 9.92. The number of hydrogen-bond acceptors (Lipinski definition) is 3. The number of methoxy groups -OCH3 is 1. The van der Waals surface area contributed by atoms with E-state index in [1.807, 2.05) is 30.3 Å². The normalized spacial score (nSPS) is 11.0. The molecule has 4 aromatic rings. The van der Waals surface area contributed by atoms with E-state index in [9.17, 15) is 9.90 Å². The van der Waals surface area contributed by atoms with Gasteiger partial charge in [0.2, 0.25) is 0 Å². The van der Waals surface area contributed by atoms with E-state index in [1.54, 1.807) is 13.2 Å². The molecule has 1 N–H and O–H groups in total. The zero-order chi connectivity index (χ0) is 18.8. The predicted octanol–water partition coefficient (Wildman–Crippen LogP) is 5.02. The first-order valence-electron chi connectivity index (χ1n) is 8.94. The first-order valence-corrected chi connectivity index (χ1v) is 8.94. The topological polar surface area (TPSA) is 46.5 Å². The summed E-state index contributed by atoms with van der Waals surface area (Å²) in [5.74, 6) is 0.562. The number of fused-ring (bicyclic) bond motifs is 2. The molecule has 0 aliphatic heterocycles. The van der Waals surface area contributed by atoms with Gasteiger partial charge in [-0.1, -0.05) is 42.5 Å². The number of aldehydes is 1. The Bertz CT molecular complexity index is 1150. The molecule has 0 heterocycles. The Morgan fingerprint density at radius 1 is 0.889 bits per heavy atom. The van der Waals surface area contributed by atoms with Gasteiger partial charge < -0.3 is 9.84 Å². The van der Waals surface area contributed by atoms with Crippen molar-refractivity contribution < 1.29 is 14.6 Å². The Balaban J connectivity index is 2.05. The first kappa shape index (κ1) is 17.3. The van der Waals surface area contributed by atoms with E-state index in [0.717, 1.165) is 33.7 Å². The van der Waals surface area contributed by atoms with Crippen molar-refractivity contribution in [1.29, 1.82) is 0 Å². The van der Waals surface area contributed by atoms with Crippen molar-refractivity contribution in [2.24, 2.45) is 0 Å². The maximum atomic E-state index is 11.6. The van der Waals surface area contributed by atoms with E-state index < -0.39 is 0 Å². The van der Waals surface area contributed by atoms with Crippen LogP contribution in [0.1, 0.15) is 15.9 Å². The molecule has 0 aliphatic carbocycles. The minimum atomic E-state index is 0.0320. The predicted molar refractivity (Wildman–Crippen MR) is 110 cm³/mol. The van der Waals surface area contributed by atoms with Gasteiger partial charge >= 0.3 is 0 Å². The van der Waals surface area contributed by atoms with Crippen molar-refractivity contribution in [3.05, 3.63) is 77.9 Å². The van der Waals surface area contributed by atoms with Crippen LogP contribution in [0.4, 0.5) is 0 Å². The largest absolute Gasteiger partial charge is 0.495 e. The van der Waals surface area contributed by atoms with E-state index in [-0.39, 0.29) is 6.61 Å². The van der Waals surface area contributed by atoms with E-state index in [2.05, 4.69) is 30.3 Å². The molecule has 0 unspecified atom stereocenters. The summed E-state index contributed by atoms with van der Waals surface area (Å²) in [6, 6.07) is 22.6. The van der Waals surface area contributed by atoms with E-state index >= 15 is 0 Å². The Hall–Kier alpha value is -3.17. The van der Waals surface area contributed by atoms with Crippen molar-refractivity contribution in [3.63, 3.8) is 0 Å². The van der Waals surface area contributed by atoms with Crippen molar-refractivity contribution in [2.75, 3.05) is 13.7 Å². The summed E-state index contributed by atoms with van der Waals surface area (Å²) in [4.78, 5) is 11.6. The molecule has 3 nitrogen and oxygen atoms in total. The summed E-state index contributed by atoms with van der Waals surface area (Å²) < 4.78 is 5.60. The second-order valence-corrected chi connectivity index (χ2v) is 6.58. The van der Waals surface area contributed by atoms with Gasteiger partial charge in [-0.25, -0.2) is 0 Å². The molecular weight excluding hydrogens is 336 g/mol. The van der Waals surface area contributed by atoms with Gasteiger partial charge in [0.1, 0.15) is 5.75 Å². The average Bonchev–Trinajstić information content (AvgIpc) is 2.71. The first-order chi connectivity index (χ1) is 13.2. The fourth-order valence-corrected chi connectivity index (χ4v) is 3.70. The van der Waals surface area contributed by atoms with Gasteiger partial charge in [0.05, 0.1) is 12.7 Å². The molecule has 134 valence electrons. The van der Waals surface area contributed by atoms with Crippen molar-refractivity contribution >= 4 is 27.8 Å². The van der Waals surface area contributed by atoms with Crippen molar-refractivity contribution in [1.82, 2.24) is 0 Å². The third kappa shape index (κ3) is 3.07. The van der Waals surface area contributed by atoms with Crippen molar-refractivity contribution in [3.8, 4) is 16.9 Å². The van der Waals surface area contributed by atoms with Gasteiger partial charge in [-0.3, -0.25) is 4.79 Å². The number of hydrogen-bond donors (Lipinski definition) is 1.